The number of hydrogen-bond acceptors (Lipinski definition) is 7. The molecule has 0 unspecified atom stereocenters. The summed E-state index contributed by atoms with van der Waals surface area (Å²) in [5, 5.41) is 40.2. The number of aliphatic hydroxyl groups is 5. The second kappa shape index (κ2) is 20.4. The Labute approximate surface area is 99.2 Å². The lowest BCUT2D eigenvalue weighted by Gasteiger charge is -1.96. The molecule has 0 radical (unpaired) electrons. The molecule has 0 aromatic heterocycles. The van der Waals surface area contributed by atoms with Gasteiger partial charge in [-0.2, -0.15) is 0 Å². The molecule has 0 fully saturated rings. The van der Waals surface area contributed by atoms with Crippen LogP contribution in [0.5, 0.6) is 0 Å². The third-order valence-corrected chi connectivity index (χ3v) is 0.893. The molecule has 0 spiro atoms. The molecule has 0 aromatic rings. The van der Waals surface area contributed by atoms with Gasteiger partial charge in [-0.3, -0.25) is 0 Å². The topological polar surface area (TPSA) is 179 Å². The van der Waals surface area contributed by atoms with Crippen molar-refractivity contribution in [2.45, 2.75) is 6.10 Å². The van der Waals surface area contributed by atoms with Crippen molar-refractivity contribution < 1.29 is 35.1 Å². The van der Waals surface area contributed by atoms with Crippen LogP contribution in [0.1, 0.15) is 0 Å². The molecule has 0 atom stereocenters. The summed E-state index contributed by atoms with van der Waals surface area (Å²) in [6.45, 7) is -0.0336. The molecule has 0 aliphatic rings. The molecule has 17 heavy (non-hydrogen) atoms. The number of amides is 2. The lowest BCUT2D eigenvalue weighted by atomic mass is 10.4. The molecule has 0 aliphatic heterocycles. The van der Waals surface area contributed by atoms with Crippen LogP contribution in [-0.4, -0.2) is 77.3 Å². The second-order valence-electron chi connectivity index (χ2n) is 2.48. The second-order valence-corrected chi connectivity index (χ2v) is 2.48. The smallest absolute Gasteiger partial charge is 0.309 e. The molecule has 0 bridgehead atoms. The lowest BCUT2D eigenvalue weighted by molar-refractivity contribution is 0.0450. The van der Waals surface area contributed by atoms with Crippen molar-refractivity contribution >= 4 is 6.03 Å². The zero-order chi connectivity index (χ0) is 14.1. The number of carbonyl (C=O) groups is 1. The fourth-order valence-corrected chi connectivity index (χ4v) is 0.289. The molecule has 2 amide bonds. The fourth-order valence-electron chi connectivity index (χ4n) is 0.289. The highest BCUT2D eigenvalue weighted by molar-refractivity contribution is 5.69. The Bertz CT molecular complexity index is 136. The molecule has 9 N–H and O–H groups in total. The van der Waals surface area contributed by atoms with Crippen LogP contribution in [0.4, 0.5) is 4.79 Å². The number of carbonyl (C=O) groups excluding carboxylic acids is 1. The third-order valence-electron chi connectivity index (χ3n) is 0.893. The van der Waals surface area contributed by atoms with E-state index in [0.29, 0.717) is 13.2 Å². The number of urea groups is 1. The Balaban J connectivity index is -0.000000180. The van der Waals surface area contributed by atoms with E-state index >= 15 is 0 Å². The first-order valence-electron chi connectivity index (χ1n) is 4.70. The summed E-state index contributed by atoms with van der Waals surface area (Å²) in [7, 11) is 0. The molecule has 9 nitrogen and oxygen atoms in total. The van der Waals surface area contributed by atoms with Gasteiger partial charge in [0.1, 0.15) is 6.10 Å². The highest BCUT2D eigenvalue weighted by Gasteiger charge is 1.93. The van der Waals surface area contributed by atoms with Gasteiger partial charge >= 0.3 is 6.03 Å². The van der Waals surface area contributed by atoms with Crippen LogP contribution in [0, 0.1) is 0 Å². The van der Waals surface area contributed by atoms with Crippen molar-refractivity contribution in [1.29, 1.82) is 0 Å². The maximum atomic E-state index is 9.00. The molecule has 0 rings (SSSR count). The van der Waals surface area contributed by atoms with Gasteiger partial charge in [-0.05, 0) is 0 Å². The zero-order valence-electron chi connectivity index (χ0n) is 9.53. The molecule has 0 aromatic carbocycles. The van der Waals surface area contributed by atoms with E-state index in [9.17, 15) is 0 Å². The number of hydrogen-bond donors (Lipinski definition) is 7. The minimum atomic E-state index is -0.954. The summed E-state index contributed by atoms with van der Waals surface area (Å²) in [6.07, 6.45) is -0.954. The molecular weight excluding hydrogens is 236 g/mol. The molecular formula is C8H22N2O7. The number of primary amides is 2. The summed E-state index contributed by atoms with van der Waals surface area (Å²) in [5.41, 5.74) is 8.50. The van der Waals surface area contributed by atoms with E-state index in [4.69, 9.17) is 30.3 Å². The third kappa shape index (κ3) is 51.6. The Morgan fingerprint density at radius 2 is 1.29 bits per heavy atom. The Kier molecular flexibility index (Phi) is 25.6. The van der Waals surface area contributed by atoms with E-state index in [1.807, 2.05) is 0 Å². The van der Waals surface area contributed by atoms with Crippen LogP contribution in [0.3, 0.4) is 0 Å². The molecule has 0 heterocycles. The van der Waals surface area contributed by atoms with Crippen LogP contribution >= 0.6 is 0 Å². The van der Waals surface area contributed by atoms with Gasteiger partial charge in [0, 0.05) is 0 Å². The average molecular weight is 258 g/mol. The largest absolute Gasteiger partial charge is 0.394 e. The van der Waals surface area contributed by atoms with Gasteiger partial charge in [-0.15, -0.1) is 0 Å². The van der Waals surface area contributed by atoms with Crippen LogP contribution < -0.4 is 11.5 Å². The number of nitrogens with two attached hydrogens (primary N) is 2. The lowest BCUT2D eigenvalue weighted by Crippen LogP contribution is -2.18. The molecule has 106 valence electrons. The molecule has 0 saturated carbocycles. The van der Waals surface area contributed by atoms with E-state index in [-0.39, 0.29) is 26.4 Å². The van der Waals surface area contributed by atoms with E-state index in [0.717, 1.165) is 0 Å². The highest BCUT2D eigenvalue weighted by Crippen LogP contribution is 1.71. The van der Waals surface area contributed by atoms with Crippen molar-refractivity contribution in [3.05, 3.63) is 0 Å². The normalized spacial score (nSPS) is 8.82. The monoisotopic (exact) mass is 258 g/mol. The van der Waals surface area contributed by atoms with Crippen molar-refractivity contribution in [2.24, 2.45) is 11.5 Å². The summed E-state index contributed by atoms with van der Waals surface area (Å²) >= 11 is 0. The van der Waals surface area contributed by atoms with Crippen LogP contribution in [0.25, 0.3) is 0 Å². The van der Waals surface area contributed by atoms with Gasteiger partial charge in [0.2, 0.25) is 0 Å². The quantitative estimate of drug-likeness (QED) is 0.240. The minimum absolute atomic E-state index is 0.0278. The van der Waals surface area contributed by atoms with Crippen molar-refractivity contribution in [3.8, 4) is 0 Å². The first-order chi connectivity index (χ1) is 7.95. The highest BCUT2D eigenvalue weighted by atomic mass is 16.5. The van der Waals surface area contributed by atoms with E-state index < -0.39 is 12.1 Å². The Morgan fingerprint density at radius 3 is 1.41 bits per heavy atom. The molecule has 0 aliphatic carbocycles. The standard InChI is InChI=1S/C4H10O3.C3H8O3.CH4N2O/c5-1-3-7-4-2-6;4-1-3(6)2-5;2-1(3)4/h5-6H,1-4H2;3-6H,1-2H2;(H4,2,3,4). The first kappa shape index (κ1) is 21.3. The predicted molar refractivity (Wildman–Crippen MR) is 58.9 cm³/mol. The first-order valence-corrected chi connectivity index (χ1v) is 4.70. The van der Waals surface area contributed by atoms with Gasteiger partial charge in [-0.25, -0.2) is 4.79 Å². The predicted octanol–water partition coefficient (Wildman–Crippen LogP) is -3.66. The van der Waals surface area contributed by atoms with Gasteiger partial charge in [0.25, 0.3) is 0 Å². The maximum absolute atomic E-state index is 9.00. The SMILES string of the molecule is NC(N)=O.OCC(O)CO.OCCOCCO. The van der Waals surface area contributed by atoms with E-state index in [2.05, 4.69) is 16.2 Å². The molecule has 0 saturated heterocycles. The molecule has 9 heteroatoms. The number of aliphatic hydroxyl groups excluding tert-OH is 5. The van der Waals surface area contributed by atoms with Crippen LogP contribution in [-0.2, 0) is 4.74 Å². The van der Waals surface area contributed by atoms with Gasteiger partial charge in [-0.1, -0.05) is 0 Å². The summed E-state index contributed by atoms with van der Waals surface area (Å²) in [6, 6.07) is -0.833. The van der Waals surface area contributed by atoms with Gasteiger partial charge in [0.15, 0.2) is 0 Å². The minimum Gasteiger partial charge on any atom is -0.394 e. The van der Waals surface area contributed by atoms with Gasteiger partial charge < -0.3 is 41.7 Å². The summed E-state index contributed by atoms with van der Waals surface area (Å²) in [5.74, 6) is 0. The van der Waals surface area contributed by atoms with Crippen molar-refractivity contribution in [3.63, 3.8) is 0 Å². The average Bonchev–Trinajstić information content (AvgIpc) is 2.29. The zero-order valence-corrected chi connectivity index (χ0v) is 9.53. The number of ether oxygens (including phenoxy) is 1. The maximum Gasteiger partial charge on any atom is 0.309 e. The van der Waals surface area contributed by atoms with E-state index in [1.54, 1.807) is 0 Å². The van der Waals surface area contributed by atoms with Crippen molar-refractivity contribution in [2.75, 3.05) is 39.6 Å². The number of rotatable bonds is 6. The summed E-state index contributed by atoms with van der Waals surface area (Å²) < 4.78 is 4.63. The fraction of sp³-hybridized carbons (Fsp3) is 0.875. The van der Waals surface area contributed by atoms with Crippen LogP contribution in [0.2, 0.25) is 0 Å². The van der Waals surface area contributed by atoms with Crippen molar-refractivity contribution in [1.82, 2.24) is 0 Å². The Hall–Kier alpha value is -0.970. The van der Waals surface area contributed by atoms with Crippen LogP contribution in [0.15, 0.2) is 0 Å². The van der Waals surface area contributed by atoms with Gasteiger partial charge in [0.05, 0.1) is 39.6 Å². The Morgan fingerprint density at radius 1 is 1.00 bits per heavy atom. The van der Waals surface area contributed by atoms with E-state index in [1.165, 1.54) is 0 Å². The summed E-state index contributed by atoms with van der Waals surface area (Å²) in [4.78, 5) is 9.00.